The molecule has 0 aliphatic heterocycles. The van der Waals surface area contributed by atoms with Crippen molar-refractivity contribution in [2.24, 2.45) is 0 Å². The summed E-state index contributed by atoms with van der Waals surface area (Å²) in [7, 11) is -3.90. The summed E-state index contributed by atoms with van der Waals surface area (Å²) in [6, 6.07) is 18.6. The standard InChI is InChI=1S/C27H29N3O4S2/c1-5-15-30-23-14-13-22(17-24(23)35-26(30)32)36(33,34)29-21-8-6-7-20(16-21)28-25(31)18-9-11-19(12-10-18)27(2,3)4/h6-14,16-17,29H,5,15H2,1-4H3,(H,28,31). The van der Waals surface area contributed by atoms with E-state index >= 15 is 0 Å². The van der Waals surface area contributed by atoms with Crippen molar-refractivity contribution in [3.63, 3.8) is 0 Å². The number of sulfonamides is 1. The number of benzene rings is 3. The maximum atomic E-state index is 13.1. The topological polar surface area (TPSA) is 97.3 Å². The van der Waals surface area contributed by atoms with Crippen molar-refractivity contribution < 1.29 is 13.2 Å². The van der Waals surface area contributed by atoms with Crippen molar-refractivity contribution in [2.75, 3.05) is 10.0 Å². The number of hydrogen-bond acceptors (Lipinski definition) is 5. The Hall–Kier alpha value is -3.43. The lowest BCUT2D eigenvalue weighted by Crippen LogP contribution is -2.15. The van der Waals surface area contributed by atoms with E-state index in [-0.39, 0.29) is 21.1 Å². The number of carbonyl (C=O) groups excluding carboxylic acids is 1. The Morgan fingerprint density at radius 2 is 1.67 bits per heavy atom. The third-order valence-corrected chi connectivity index (χ3v) is 8.10. The highest BCUT2D eigenvalue weighted by atomic mass is 32.2. The van der Waals surface area contributed by atoms with Crippen LogP contribution in [0.4, 0.5) is 11.4 Å². The lowest BCUT2D eigenvalue weighted by atomic mass is 9.87. The van der Waals surface area contributed by atoms with Crippen LogP contribution in [0.15, 0.2) is 76.4 Å². The Morgan fingerprint density at radius 3 is 2.33 bits per heavy atom. The second-order valence-electron chi connectivity index (χ2n) is 9.62. The average Bonchev–Trinajstić information content (AvgIpc) is 3.13. The molecule has 0 aliphatic carbocycles. The van der Waals surface area contributed by atoms with Gasteiger partial charge in [0.25, 0.3) is 15.9 Å². The highest BCUT2D eigenvalue weighted by molar-refractivity contribution is 7.92. The van der Waals surface area contributed by atoms with Crippen LogP contribution < -0.4 is 14.9 Å². The fourth-order valence-electron chi connectivity index (χ4n) is 3.85. The third-order valence-electron chi connectivity index (χ3n) is 5.78. The van der Waals surface area contributed by atoms with Gasteiger partial charge in [-0.15, -0.1) is 0 Å². The number of aryl methyl sites for hydroxylation is 1. The van der Waals surface area contributed by atoms with Crippen LogP contribution in [0.5, 0.6) is 0 Å². The van der Waals surface area contributed by atoms with Crippen molar-refractivity contribution in [1.29, 1.82) is 0 Å². The molecule has 4 aromatic rings. The first-order valence-electron chi connectivity index (χ1n) is 11.7. The summed E-state index contributed by atoms with van der Waals surface area (Å²) in [4.78, 5) is 24.9. The van der Waals surface area contributed by atoms with Gasteiger partial charge in [0.15, 0.2) is 0 Å². The second kappa shape index (κ2) is 9.91. The molecule has 7 nitrogen and oxygen atoms in total. The van der Waals surface area contributed by atoms with Crippen LogP contribution in [0, 0.1) is 0 Å². The number of aromatic nitrogens is 1. The van der Waals surface area contributed by atoms with Gasteiger partial charge in [0, 0.05) is 17.8 Å². The first kappa shape index (κ1) is 25.7. The normalized spacial score (nSPS) is 12.0. The van der Waals surface area contributed by atoms with Gasteiger partial charge in [-0.2, -0.15) is 0 Å². The van der Waals surface area contributed by atoms with Crippen molar-refractivity contribution in [3.05, 3.63) is 87.5 Å². The predicted octanol–water partition coefficient (Wildman–Crippen LogP) is 5.82. The monoisotopic (exact) mass is 523 g/mol. The van der Waals surface area contributed by atoms with Crippen molar-refractivity contribution >= 4 is 48.9 Å². The summed E-state index contributed by atoms with van der Waals surface area (Å²) in [5.74, 6) is -0.285. The van der Waals surface area contributed by atoms with E-state index in [1.165, 1.54) is 12.1 Å². The fourth-order valence-corrected chi connectivity index (χ4v) is 5.96. The predicted molar refractivity (Wildman–Crippen MR) is 147 cm³/mol. The van der Waals surface area contributed by atoms with Crippen molar-refractivity contribution in [2.45, 2.75) is 51.0 Å². The molecule has 0 spiro atoms. The molecule has 1 amide bonds. The minimum absolute atomic E-state index is 0.0115. The summed E-state index contributed by atoms with van der Waals surface area (Å²) in [6.45, 7) is 8.89. The summed E-state index contributed by atoms with van der Waals surface area (Å²) < 4.78 is 30.9. The minimum atomic E-state index is -3.90. The molecular weight excluding hydrogens is 494 g/mol. The molecule has 2 N–H and O–H groups in total. The molecule has 4 rings (SSSR count). The van der Waals surface area contributed by atoms with Gasteiger partial charge in [-0.1, -0.05) is 57.2 Å². The molecular formula is C27H29N3O4S2. The molecule has 0 unspecified atom stereocenters. The van der Waals surface area contributed by atoms with Crippen molar-refractivity contribution in [1.82, 2.24) is 4.57 Å². The number of nitrogens with zero attached hydrogens (tertiary/aromatic N) is 1. The molecule has 0 radical (unpaired) electrons. The number of anilines is 2. The van der Waals surface area contributed by atoms with Gasteiger partial charge >= 0.3 is 4.87 Å². The van der Waals surface area contributed by atoms with Gasteiger partial charge in [0.05, 0.1) is 20.8 Å². The highest BCUT2D eigenvalue weighted by Gasteiger charge is 2.18. The van der Waals surface area contributed by atoms with Crippen LogP contribution in [0.2, 0.25) is 0 Å². The van der Waals surface area contributed by atoms with E-state index in [4.69, 9.17) is 0 Å². The number of amides is 1. The van der Waals surface area contributed by atoms with Crippen LogP contribution in [-0.4, -0.2) is 18.9 Å². The summed E-state index contributed by atoms with van der Waals surface area (Å²) in [5, 5.41) is 2.82. The maximum absolute atomic E-state index is 13.1. The fraction of sp³-hybridized carbons (Fsp3) is 0.259. The molecule has 0 saturated carbocycles. The zero-order valence-corrected chi connectivity index (χ0v) is 22.3. The van der Waals surface area contributed by atoms with Gasteiger partial charge < -0.3 is 5.32 Å². The van der Waals surface area contributed by atoms with E-state index in [9.17, 15) is 18.0 Å². The minimum Gasteiger partial charge on any atom is -0.322 e. The Morgan fingerprint density at radius 1 is 0.972 bits per heavy atom. The number of fused-ring (bicyclic) bond motifs is 1. The molecule has 0 saturated heterocycles. The Bertz CT molecular complexity index is 1580. The van der Waals surface area contributed by atoms with Gasteiger partial charge in [-0.3, -0.25) is 18.9 Å². The first-order chi connectivity index (χ1) is 17.0. The molecule has 0 aliphatic rings. The van der Waals surface area contributed by atoms with Gasteiger partial charge in [0.1, 0.15) is 0 Å². The Balaban J connectivity index is 1.52. The SMILES string of the molecule is CCCn1c(=O)sc2cc(S(=O)(=O)Nc3cccc(NC(=O)c4ccc(C(C)(C)C)cc4)c3)ccc21. The number of hydrogen-bond donors (Lipinski definition) is 2. The Labute approximate surface area is 214 Å². The van der Waals surface area contributed by atoms with E-state index in [0.29, 0.717) is 28.2 Å². The lowest BCUT2D eigenvalue weighted by molar-refractivity contribution is 0.102. The average molecular weight is 524 g/mol. The number of rotatable bonds is 7. The molecule has 1 heterocycles. The van der Waals surface area contributed by atoms with Gasteiger partial charge in [-0.05, 0) is 65.9 Å². The Kier molecular flexibility index (Phi) is 7.06. The summed E-state index contributed by atoms with van der Waals surface area (Å²) >= 11 is 1.03. The molecule has 9 heteroatoms. The number of carbonyl (C=O) groups is 1. The third kappa shape index (κ3) is 5.52. The summed E-state index contributed by atoms with van der Waals surface area (Å²) in [5.41, 5.74) is 3.13. The van der Waals surface area contributed by atoms with Crippen LogP contribution in [0.25, 0.3) is 10.2 Å². The zero-order chi connectivity index (χ0) is 26.1. The molecule has 36 heavy (non-hydrogen) atoms. The first-order valence-corrected chi connectivity index (χ1v) is 14.0. The number of nitrogens with one attached hydrogen (secondary N) is 2. The zero-order valence-electron chi connectivity index (χ0n) is 20.7. The van der Waals surface area contributed by atoms with E-state index in [1.807, 2.05) is 19.1 Å². The van der Waals surface area contributed by atoms with Crippen molar-refractivity contribution in [3.8, 4) is 0 Å². The largest absolute Gasteiger partial charge is 0.322 e. The molecule has 0 fully saturated rings. The quantitative estimate of drug-likeness (QED) is 0.319. The van der Waals surface area contributed by atoms with Gasteiger partial charge in [-0.25, -0.2) is 8.42 Å². The maximum Gasteiger partial charge on any atom is 0.308 e. The molecule has 3 aromatic carbocycles. The van der Waals surface area contributed by atoms with E-state index < -0.39 is 10.0 Å². The molecule has 0 bridgehead atoms. The molecule has 1 aromatic heterocycles. The molecule has 0 atom stereocenters. The van der Waals surface area contributed by atoms with Crippen LogP contribution in [-0.2, 0) is 22.0 Å². The van der Waals surface area contributed by atoms with E-state index in [2.05, 4.69) is 30.8 Å². The van der Waals surface area contributed by atoms with Crippen LogP contribution in [0.3, 0.4) is 0 Å². The van der Waals surface area contributed by atoms with Gasteiger partial charge in [0.2, 0.25) is 0 Å². The highest BCUT2D eigenvalue weighted by Crippen LogP contribution is 2.26. The number of thiazole rings is 1. The van der Waals surface area contributed by atoms with Crippen LogP contribution in [0.1, 0.15) is 50.0 Å². The van der Waals surface area contributed by atoms with E-state index in [1.54, 1.807) is 47.0 Å². The second-order valence-corrected chi connectivity index (χ2v) is 12.3. The smallest absolute Gasteiger partial charge is 0.308 e. The van der Waals surface area contributed by atoms with E-state index in [0.717, 1.165) is 28.8 Å². The summed E-state index contributed by atoms with van der Waals surface area (Å²) in [6.07, 6.45) is 0.808. The molecule has 188 valence electrons. The van der Waals surface area contributed by atoms with Crippen LogP contribution >= 0.6 is 11.3 Å². The lowest BCUT2D eigenvalue weighted by Gasteiger charge is -2.19.